The monoisotopic (exact) mass is 335 g/mol. The molecule has 0 spiro atoms. The average Bonchev–Trinajstić information content (AvgIpc) is 2.92. The third-order valence-electron chi connectivity index (χ3n) is 4.49. The van der Waals surface area contributed by atoms with E-state index < -0.39 is 0 Å². The molecule has 2 aliphatic rings. The van der Waals surface area contributed by atoms with E-state index in [4.69, 9.17) is 0 Å². The summed E-state index contributed by atoms with van der Waals surface area (Å²) in [6, 6.07) is 14.4. The lowest BCUT2D eigenvalue weighted by atomic mass is 9.99. The molecule has 2 aromatic rings. The van der Waals surface area contributed by atoms with Crippen molar-refractivity contribution in [2.45, 2.75) is 19.9 Å². The van der Waals surface area contributed by atoms with Crippen molar-refractivity contribution in [3.63, 3.8) is 0 Å². The van der Waals surface area contributed by atoms with E-state index in [-0.39, 0.29) is 17.8 Å². The lowest BCUT2D eigenvalue weighted by Gasteiger charge is -2.29. The molecule has 0 saturated carbocycles. The first kappa shape index (κ1) is 15.6. The van der Waals surface area contributed by atoms with Crippen LogP contribution in [-0.2, 0) is 4.79 Å². The molecule has 0 saturated heterocycles. The van der Waals surface area contributed by atoms with Crippen LogP contribution in [0.15, 0.2) is 60.4 Å². The van der Waals surface area contributed by atoms with Crippen LogP contribution in [0.5, 0.6) is 0 Å². The highest BCUT2D eigenvalue weighted by Gasteiger charge is 2.35. The van der Waals surface area contributed by atoms with Crippen molar-refractivity contribution >= 4 is 17.2 Å². The normalized spacial score (nSPS) is 19.6. The van der Waals surface area contributed by atoms with Gasteiger partial charge in [0.05, 0.1) is 11.7 Å². The van der Waals surface area contributed by atoms with Gasteiger partial charge in [0, 0.05) is 17.2 Å². The van der Waals surface area contributed by atoms with Gasteiger partial charge in [0.2, 0.25) is 0 Å². The number of amides is 1. The van der Waals surface area contributed by atoms with E-state index in [1.807, 2.05) is 11.9 Å². The SMILES string of the molecule is Cc1ccc(C2=C3NC(=O)C=C(c4ccc(F)cc4)N3NC2C)cc1. The summed E-state index contributed by atoms with van der Waals surface area (Å²) in [5.74, 6) is 0.234. The van der Waals surface area contributed by atoms with Crippen LogP contribution in [0.3, 0.4) is 0 Å². The highest BCUT2D eigenvalue weighted by molar-refractivity contribution is 6.00. The second-order valence-electron chi connectivity index (χ2n) is 6.34. The summed E-state index contributed by atoms with van der Waals surface area (Å²) in [4.78, 5) is 12.2. The minimum Gasteiger partial charge on any atom is -0.307 e. The zero-order valence-corrected chi connectivity index (χ0v) is 14.0. The highest BCUT2D eigenvalue weighted by Crippen LogP contribution is 2.35. The summed E-state index contributed by atoms with van der Waals surface area (Å²) < 4.78 is 13.2. The van der Waals surface area contributed by atoms with Crippen LogP contribution in [-0.4, -0.2) is 17.0 Å². The molecule has 2 heterocycles. The van der Waals surface area contributed by atoms with Crippen molar-refractivity contribution in [2.75, 3.05) is 0 Å². The molecule has 0 aliphatic carbocycles. The van der Waals surface area contributed by atoms with Gasteiger partial charge in [-0.2, -0.15) is 0 Å². The van der Waals surface area contributed by atoms with Crippen molar-refractivity contribution in [3.05, 3.63) is 82.9 Å². The molecule has 0 radical (unpaired) electrons. The molecule has 126 valence electrons. The number of carbonyl (C=O) groups is 1. The third-order valence-corrected chi connectivity index (χ3v) is 4.49. The number of nitrogens with zero attached hydrogens (tertiary/aromatic N) is 1. The van der Waals surface area contributed by atoms with Crippen molar-refractivity contribution in [1.29, 1.82) is 0 Å². The van der Waals surface area contributed by atoms with Gasteiger partial charge in [-0.1, -0.05) is 29.8 Å². The minimum atomic E-state index is -0.302. The summed E-state index contributed by atoms with van der Waals surface area (Å²) in [6.45, 7) is 4.09. The molecule has 1 atom stereocenters. The standard InChI is InChI=1S/C20H18FN3O/c1-12-3-5-15(6-4-12)19-13(2)23-24-17(11-18(25)22-20(19)24)14-7-9-16(21)10-8-14/h3-11,13,23H,1-2H3,(H,22,25). The van der Waals surface area contributed by atoms with E-state index in [2.05, 4.69) is 41.9 Å². The quantitative estimate of drug-likeness (QED) is 0.886. The zero-order chi connectivity index (χ0) is 17.6. The first-order chi connectivity index (χ1) is 12.0. The van der Waals surface area contributed by atoms with E-state index in [1.54, 1.807) is 12.1 Å². The van der Waals surface area contributed by atoms with Crippen LogP contribution in [0, 0.1) is 12.7 Å². The summed E-state index contributed by atoms with van der Waals surface area (Å²) >= 11 is 0. The molecule has 25 heavy (non-hydrogen) atoms. The fraction of sp³-hybridized carbons (Fsp3) is 0.150. The Balaban J connectivity index is 1.81. The van der Waals surface area contributed by atoms with Crippen molar-refractivity contribution in [3.8, 4) is 0 Å². The van der Waals surface area contributed by atoms with Gasteiger partial charge in [-0.15, -0.1) is 0 Å². The largest absolute Gasteiger partial charge is 0.307 e. The Kier molecular flexibility index (Phi) is 3.66. The number of aryl methyl sites for hydroxylation is 1. The Morgan fingerprint density at radius 3 is 2.32 bits per heavy atom. The molecule has 1 amide bonds. The van der Waals surface area contributed by atoms with E-state index in [0.717, 1.165) is 22.5 Å². The fourth-order valence-corrected chi connectivity index (χ4v) is 3.26. The van der Waals surface area contributed by atoms with Crippen molar-refractivity contribution in [1.82, 2.24) is 15.8 Å². The van der Waals surface area contributed by atoms with Crippen LogP contribution in [0.4, 0.5) is 4.39 Å². The summed E-state index contributed by atoms with van der Waals surface area (Å²) in [5, 5.41) is 4.81. The third kappa shape index (κ3) is 2.72. The molecule has 2 aromatic carbocycles. The summed E-state index contributed by atoms with van der Waals surface area (Å²) in [6.07, 6.45) is 1.52. The maximum absolute atomic E-state index is 13.2. The number of nitrogens with one attached hydrogen (secondary N) is 2. The summed E-state index contributed by atoms with van der Waals surface area (Å²) in [7, 11) is 0. The first-order valence-electron chi connectivity index (χ1n) is 8.19. The van der Waals surface area contributed by atoms with E-state index >= 15 is 0 Å². The van der Waals surface area contributed by atoms with Crippen LogP contribution in [0.2, 0.25) is 0 Å². The molecule has 4 rings (SSSR count). The molecule has 0 bridgehead atoms. The highest BCUT2D eigenvalue weighted by atomic mass is 19.1. The number of carbonyl (C=O) groups excluding carboxylic acids is 1. The Hall–Kier alpha value is -2.92. The first-order valence-corrected chi connectivity index (χ1v) is 8.19. The minimum absolute atomic E-state index is 0.0277. The molecule has 0 aromatic heterocycles. The average molecular weight is 335 g/mol. The molecule has 1 unspecified atom stereocenters. The predicted molar refractivity (Wildman–Crippen MR) is 95.1 cm³/mol. The lowest BCUT2D eigenvalue weighted by Crippen LogP contribution is -2.42. The van der Waals surface area contributed by atoms with E-state index in [0.29, 0.717) is 5.70 Å². The topological polar surface area (TPSA) is 44.4 Å². The van der Waals surface area contributed by atoms with Crippen LogP contribution < -0.4 is 10.7 Å². The number of hydrazine groups is 1. The van der Waals surface area contributed by atoms with Gasteiger partial charge in [0.25, 0.3) is 5.91 Å². The van der Waals surface area contributed by atoms with Crippen molar-refractivity contribution < 1.29 is 9.18 Å². The Labute approximate surface area is 145 Å². The Bertz CT molecular complexity index is 898. The predicted octanol–water partition coefficient (Wildman–Crippen LogP) is 3.18. The van der Waals surface area contributed by atoms with E-state index in [9.17, 15) is 9.18 Å². The number of hydrogen-bond acceptors (Lipinski definition) is 3. The van der Waals surface area contributed by atoms with Gasteiger partial charge in [0.15, 0.2) is 0 Å². The van der Waals surface area contributed by atoms with Crippen LogP contribution in [0.25, 0.3) is 11.3 Å². The Morgan fingerprint density at radius 1 is 1.00 bits per heavy atom. The van der Waals surface area contributed by atoms with Gasteiger partial charge in [-0.05, 0) is 43.7 Å². The van der Waals surface area contributed by atoms with Gasteiger partial charge in [-0.3, -0.25) is 9.80 Å². The Morgan fingerprint density at radius 2 is 1.64 bits per heavy atom. The maximum atomic E-state index is 13.2. The molecule has 5 heteroatoms. The van der Waals surface area contributed by atoms with Gasteiger partial charge in [0.1, 0.15) is 11.6 Å². The van der Waals surface area contributed by atoms with Crippen molar-refractivity contribution in [2.24, 2.45) is 0 Å². The smallest absolute Gasteiger partial charge is 0.251 e. The molecule has 0 fully saturated rings. The molecule has 2 N–H and O–H groups in total. The number of rotatable bonds is 2. The van der Waals surface area contributed by atoms with Crippen LogP contribution >= 0.6 is 0 Å². The fourth-order valence-electron chi connectivity index (χ4n) is 3.26. The molecule has 4 nitrogen and oxygen atoms in total. The van der Waals surface area contributed by atoms with Gasteiger partial charge in [-0.25, -0.2) is 9.82 Å². The van der Waals surface area contributed by atoms with Gasteiger partial charge >= 0.3 is 0 Å². The lowest BCUT2D eigenvalue weighted by molar-refractivity contribution is -0.116. The number of fused-ring (bicyclic) bond motifs is 1. The number of benzene rings is 2. The maximum Gasteiger partial charge on any atom is 0.251 e. The van der Waals surface area contributed by atoms with Crippen LogP contribution in [0.1, 0.15) is 23.6 Å². The zero-order valence-electron chi connectivity index (χ0n) is 14.0. The van der Waals surface area contributed by atoms with Gasteiger partial charge < -0.3 is 5.32 Å². The summed E-state index contributed by atoms with van der Waals surface area (Å²) in [5.41, 5.74) is 8.14. The second kappa shape index (κ2) is 5.86. The molecular weight excluding hydrogens is 317 g/mol. The molecular formula is C20H18FN3O. The second-order valence-corrected chi connectivity index (χ2v) is 6.34. The molecule has 2 aliphatic heterocycles. The number of halogens is 1. The number of hydrogen-bond donors (Lipinski definition) is 2. The van der Waals surface area contributed by atoms with E-state index in [1.165, 1.54) is 23.8 Å².